The summed E-state index contributed by atoms with van der Waals surface area (Å²) in [6.45, 7) is 10.2. The fourth-order valence-electron chi connectivity index (χ4n) is 3.96. The Labute approximate surface area is 163 Å². The quantitative estimate of drug-likeness (QED) is 0.533. The Hall–Kier alpha value is -0.540. The van der Waals surface area contributed by atoms with Gasteiger partial charge in [0.1, 0.15) is 24.4 Å². The fourth-order valence-corrected chi connectivity index (χ4v) is 3.96. The molecule has 2 rings (SSSR count). The van der Waals surface area contributed by atoms with Crippen LogP contribution in [0.2, 0.25) is 0 Å². The molecular formula is C20H36O7. The average Bonchev–Trinajstić information content (AvgIpc) is 3.04. The molecule has 2 fully saturated rings. The van der Waals surface area contributed by atoms with Gasteiger partial charge in [-0.3, -0.25) is 0 Å². The van der Waals surface area contributed by atoms with Crippen LogP contribution in [0.4, 0.5) is 0 Å². The van der Waals surface area contributed by atoms with E-state index in [-0.39, 0.29) is 30.5 Å². The summed E-state index contributed by atoms with van der Waals surface area (Å²) in [5, 5.41) is 0. The Morgan fingerprint density at radius 3 is 2.04 bits per heavy atom. The van der Waals surface area contributed by atoms with Crippen molar-refractivity contribution in [2.24, 2.45) is 0 Å². The molecule has 158 valence electrons. The first kappa shape index (κ1) is 22.7. The van der Waals surface area contributed by atoms with Gasteiger partial charge in [0, 0.05) is 21.3 Å². The van der Waals surface area contributed by atoms with E-state index in [0.717, 1.165) is 12.8 Å². The van der Waals surface area contributed by atoms with E-state index in [0.29, 0.717) is 13.0 Å². The maximum atomic E-state index is 6.25. The molecule has 27 heavy (non-hydrogen) atoms. The minimum Gasteiger partial charge on any atom is -0.376 e. The van der Waals surface area contributed by atoms with Crippen LogP contribution in [0, 0.1) is 0 Å². The molecule has 0 saturated carbocycles. The topological polar surface area (TPSA) is 64.6 Å². The van der Waals surface area contributed by atoms with Crippen molar-refractivity contribution >= 4 is 0 Å². The maximum absolute atomic E-state index is 6.25. The molecule has 7 heteroatoms. The zero-order chi connectivity index (χ0) is 20.0. The molecule has 2 heterocycles. The highest BCUT2D eigenvalue weighted by Crippen LogP contribution is 2.36. The van der Waals surface area contributed by atoms with E-state index in [1.165, 1.54) is 0 Å². The molecule has 0 amide bonds. The van der Waals surface area contributed by atoms with Crippen molar-refractivity contribution in [3.05, 3.63) is 12.7 Å². The molecule has 7 atom stereocenters. The highest BCUT2D eigenvalue weighted by atomic mass is 16.8. The minimum atomic E-state index is -0.576. The third kappa shape index (κ3) is 4.90. The molecule has 0 aliphatic carbocycles. The monoisotopic (exact) mass is 388 g/mol. The minimum absolute atomic E-state index is 0.0886. The first-order valence-corrected chi connectivity index (χ1v) is 9.81. The Morgan fingerprint density at radius 1 is 0.926 bits per heavy atom. The summed E-state index contributed by atoms with van der Waals surface area (Å²) < 4.78 is 41.3. The Morgan fingerprint density at radius 2 is 1.52 bits per heavy atom. The van der Waals surface area contributed by atoms with Gasteiger partial charge >= 0.3 is 0 Å². The first-order chi connectivity index (χ1) is 13.0. The van der Waals surface area contributed by atoms with Crippen molar-refractivity contribution in [1.29, 1.82) is 0 Å². The molecule has 0 unspecified atom stereocenters. The van der Waals surface area contributed by atoms with E-state index in [9.17, 15) is 0 Å². The Bertz CT molecular complexity index is 454. The lowest BCUT2D eigenvalue weighted by Crippen LogP contribution is -2.59. The van der Waals surface area contributed by atoms with Crippen LogP contribution in [0.15, 0.2) is 12.7 Å². The van der Waals surface area contributed by atoms with Crippen LogP contribution in [0.1, 0.15) is 40.0 Å². The van der Waals surface area contributed by atoms with Gasteiger partial charge < -0.3 is 33.2 Å². The molecule has 2 aliphatic heterocycles. The van der Waals surface area contributed by atoms with Gasteiger partial charge in [-0.05, 0) is 26.2 Å². The van der Waals surface area contributed by atoms with E-state index in [2.05, 4.69) is 20.4 Å². The highest BCUT2D eigenvalue weighted by molar-refractivity contribution is 4.92. The fraction of sp³-hybridized carbons (Fsp3) is 0.900. The summed E-state index contributed by atoms with van der Waals surface area (Å²) in [6.07, 6.45) is 2.16. The van der Waals surface area contributed by atoms with E-state index in [1.807, 2.05) is 13.0 Å². The van der Waals surface area contributed by atoms with Gasteiger partial charge in [0.25, 0.3) is 0 Å². The lowest BCUT2D eigenvalue weighted by atomic mass is 9.99. The predicted molar refractivity (Wildman–Crippen MR) is 101 cm³/mol. The van der Waals surface area contributed by atoms with E-state index < -0.39 is 18.2 Å². The number of hydrogen-bond acceptors (Lipinski definition) is 7. The number of methoxy groups -OCH3 is 3. The lowest BCUT2D eigenvalue weighted by molar-refractivity contribution is -0.309. The smallest absolute Gasteiger partial charge is 0.186 e. The molecule has 0 aromatic rings. The molecule has 0 radical (unpaired) electrons. The van der Waals surface area contributed by atoms with Crippen molar-refractivity contribution < 1.29 is 33.2 Å². The summed E-state index contributed by atoms with van der Waals surface area (Å²) >= 11 is 0. The highest BCUT2D eigenvalue weighted by Gasteiger charge is 2.48. The number of hydrogen-bond donors (Lipinski definition) is 0. The molecule has 2 saturated heterocycles. The van der Waals surface area contributed by atoms with Gasteiger partial charge in [-0.2, -0.15) is 0 Å². The molecular weight excluding hydrogens is 352 g/mol. The summed E-state index contributed by atoms with van der Waals surface area (Å²) in [5.74, 6) is -0.556. The van der Waals surface area contributed by atoms with Crippen molar-refractivity contribution in [2.75, 3.05) is 27.9 Å². The summed E-state index contributed by atoms with van der Waals surface area (Å²) in [5.41, 5.74) is 0. The summed E-state index contributed by atoms with van der Waals surface area (Å²) in [6, 6.07) is 0. The van der Waals surface area contributed by atoms with Crippen molar-refractivity contribution in [3.63, 3.8) is 0 Å². The second-order valence-corrected chi connectivity index (χ2v) is 7.10. The zero-order valence-corrected chi connectivity index (χ0v) is 17.5. The van der Waals surface area contributed by atoms with Gasteiger partial charge in [-0.1, -0.05) is 19.9 Å². The molecule has 0 aromatic carbocycles. The van der Waals surface area contributed by atoms with Crippen molar-refractivity contribution in [3.8, 4) is 0 Å². The van der Waals surface area contributed by atoms with Crippen LogP contribution < -0.4 is 0 Å². The van der Waals surface area contributed by atoms with Crippen molar-refractivity contribution in [1.82, 2.24) is 0 Å². The third-order valence-electron chi connectivity index (χ3n) is 5.59. The number of ether oxygens (including phenoxy) is 7. The summed E-state index contributed by atoms with van der Waals surface area (Å²) in [7, 11) is 4.90. The maximum Gasteiger partial charge on any atom is 0.186 e. The van der Waals surface area contributed by atoms with E-state index in [4.69, 9.17) is 33.2 Å². The predicted octanol–water partition coefficient (Wildman–Crippen LogP) is 2.67. The zero-order valence-electron chi connectivity index (χ0n) is 17.5. The van der Waals surface area contributed by atoms with Gasteiger partial charge in [0.2, 0.25) is 0 Å². The van der Waals surface area contributed by atoms with Crippen LogP contribution >= 0.6 is 0 Å². The Balaban J connectivity index is 2.05. The third-order valence-corrected chi connectivity index (χ3v) is 5.59. The molecule has 2 aliphatic rings. The SMILES string of the molecule is C=CC[C@@H]1OC(CC)(CC)O[C@@H]1CO[C@@H]1O[C@@H](C)[C@H](OC)[C@@H](OC)[C@H]1OC. The largest absolute Gasteiger partial charge is 0.376 e. The van der Waals surface area contributed by atoms with Gasteiger partial charge in [0.15, 0.2) is 12.1 Å². The Kier molecular flexibility index (Phi) is 8.68. The molecule has 0 spiro atoms. The molecule has 7 nitrogen and oxygen atoms in total. The van der Waals surface area contributed by atoms with Gasteiger partial charge in [0.05, 0.1) is 18.8 Å². The molecule has 0 bridgehead atoms. The van der Waals surface area contributed by atoms with Crippen LogP contribution in [0.25, 0.3) is 0 Å². The number of rotatable bonds is 10. The molecule has 0 aromatic heterocycles. The van der Waals surface area contributed by atoms with Crippen LogP contribution in [0.3, 0.4) is 0 Å². The summed E-state index contributed by atoms with van der Waals surface area (Å²) in [4.78, 5) is 0. The normalized spacial score (nSPS) is 38.8. The van der Waals surface area contributed by atoms with Gasteiger partial charge in [-0.15, -0.1) is 6.58 Å². The van der Waals surface area contributed by atoms with Crippen LogP contribution in [0.5, 0.6) is 0 Å². The van der Waals surface area contributed by atoms with E-state index in [1.54, 1.807) is 21.3 Å². The average molecular weight is 389 g/mol. The second-order valence-electron chi connectivity index (χ2n) is 7.10. The van der Waals surface area contributed by atoms with Gasteiger partial charge in [-0.25, -0.2) is 0 Å². The van der Waals surface area contributed by atoms with E-state index >= 15 is 0 Å². The van der Waals surface area contributed by atoms with Crippen molar-refractivity contribution in [2.45, 2.75) is 88.7 Å². The van der Waals surface area contributed by atoms with Crippen LogP contribution in [-0.4, -0.2) is 76.6 Å². The standard InChI is InChI=1S/C20H36O7/c1-8-11-14-15(27-20(9-2,10-3)26-14)12-24-19-18(23-7)17(22-6)16(21-5)13(4)25-19/h8,13-19H,1,9-12H2,2-7H3/t13-,14-,15+,16-,17+,18+,19+/m0/s1. The molecule has 0 N–H and O–H groups in total. The second kappa shape index (κ2) is 10.3. The lowest BCUT2D eigenvalue weighted by Gasteiger charge is -2.43. The first-order valence-electron chi connectivity index (χ1n) is 9.81. The van der Waals surface area contributed by atoms with Crippen LogP contribution in [-0.2, 0) is 33.2 Å².